The highest BCUT2D eigenvalue weighted by atomic mass is 35.5. The second-order valence-electron chi connectivity index (χ2n) is 6.14. The maximum Gasteiger partial charge on any atom is 0.158 e. The van der Waals surface area contributed by atoms with Gasteiger partial charge in [-0.1, -0.05) is 38.3 Å². The molecule has 1 heterocycles. The Labute approximate surface area is 125 Å². The fourth-order valence-electron chi connectivity index (χ4n) is 3.19. The summed E-state index contributed by atoms with van der Waals surface area (Å²) < 4.78 is 1.72. The van der Waals surface area contributed by atoms with Crippen LogP contribution in [0.2, 0.25) is 5.02 Å². The van der Waals surface area contributed by atoms with Crippen molar-refractivity contribution in [2.75, 3.05) is 0 Å². The van der Waals surface area contributed by atoms with Gasteiger partial charge in [-0.25, -0.2) is 0 Å². The number of nitrogens with zero attached hydrogens (tertiary/aromatic N) is 2. The summed E-state index contributed by atoms with van der Waals surface area (Å²) in [7, 11) is 1.83. The van der Waals surface area contributed by atoms with E-state index in [1.807, 2.05) is 14.0 Å². The predicted molar refractivity (Wildman–Crippen MR) is 80.9 cm³/mol. The summed E-state index contributed by atoms with van der Waals surface area (Å²) in [6, 6.07) is 0. The van der Waals surface area contributed by atoms with Gasteiger partial charge in [0.2, 0.25) is 0 Å². The number of halogens is 1. The van der Waals surface area contributed by atoms with Gasteiger partial charge in [0.1, 0.15) is 0 Å². The van der Waals surface area contributed by atoms with Crippen molar-refractivity contribution in [1.82, 2.24) is 9.78 Å². The van der Waals surface area contributed by atoms with Gasteiger partial charge >= 0.3 is 0 Å². The summed E-state index contributed by atoms with van der Waals surface area (Å²) in [5.74, 6) is 0.613. The Bertz CT molecular complexity index is 511. The zero-order valence-electron chi connectivity index (χ0n) is 12.6. The zero-order valence-corrected chi connectivity index (χ0v) is 13.3. The van der Waals surface area contributed by atoms with Gasteiger partial charge in [-0.3, -0.25) is 9.48 Å². The first-order valence-electron chi connectivity index (χ1n) is 7.39. The van der Waals surface area contributed by atoms with E-state index in [0.717, 1.165) is 37.1 Å². The van der Waals surface area contributed by atoms with E-state index < -0.39 is 5.54 Å². The molecule has 0 bridgehead atoms. The number of aromatic nitrogens is 2. The average Bonchev–Trinajstić information content (AvgIpc) is 2.65. The summed E-state index contributed by atoms with van der Waals surface area (Å²) in [6.45, 7) is 4.17. The molecule has 0 saturated heterocycles. The quantitative estimate of drug-likeness (QED) is 0.929. The van der Waals surface area contributed by atoms with Crippen LogP contribution in [0, 0.1) is 5.92 Å². The lowest BCUT2D eigenvalue weighted by molar-refractivity contribution is -0.125. The molecule has 0 radical (unpaired) electrons. The van der Waals surface area contributed by atoms with E-state index in [9.17, 15) is 4.79 Å². The van der Waals surface area contributed by atoms with Gasteiger partial charge in [0, 0.05) is 7.05 Å². The van der Waals surface area contributed by atoms with Gasteiger partial charge in [0.25, 0.3) is 0 Å². The van der Waals surface area contributed by atoms with Crippen LogP contribution >= 0.6 is 11.6 Å². The molecule has 1 fully saturated rings. The third-order valence-corrected chi connectivity index (χ3v) is 4.86. The van der Waals surface area contributed by atoms with Crippen LogP contribution in [-0.2, 0) is 24.7 Å². The zero-order chi connectivity index (χ0) is 14.9. The van der Waals surface area contributed by atoms with E-state index >= 15 is 0 Å². The monoisotopic (exact) mass is 297 g/mol. The minimum absolute atomic E-state index is 0.0941. The van der Waals surface area contributed by atoms with Crippen molar-refractivity contribution in [3.63, 3.8) is 0 Å². The molecule has 112 valence electrons. The molecule has 5 heteroatoms. The van der Waals surface area contributed by atoms with Crippen molar-refractivity contribution in [1.29, 1.82) is 0 Å². The van der Waals surface area contributed by atoms with Crippen molar-refractivity contribution in [3.8, 4) is 0 Å². The van der Waals surface area contributed by atoms with Crippen molar-refractivity contribution >= 4 is 17.4 Å². The molecule has 2 rings (SSSR count). The van der Waals surface area contributed by atoms with E-state index in [2.05, 4.69) is 12.0 Å². The summed E-state index contributed by atoms with van der Waals surface area (Å²) in [5, 5.41) is 4.98. The van der Waals surface area contributed by atoms with Crippen molar-refractivity contribution in [2.45, 2.75) is 57.9 Å². The first-order valence-corrected chi connectivity index (χ1v) is 7.77. The molecule has 0 aromatic carbocycles. The number of carbonyl (C=O) groups excluding carboxylic acids is 1. The van der Waals surface area contributed by atoms with Gasteiger partial charge in [0.05, 0.1) is 28.4 Å². The number of hydrogen-bond acceptors (Lipinski definition) is 3. The molecule has 2 atom stereocenters. The fraction of sp³-hybridized carbons (Fsp3) is 0.733. The molecular weight excluding hydrogens is 274 g/mol. The highest BCUT2D eigenvalue weighted by Crippen LogP contribution is 2.32. The predicted octanol–water partition coefficient (Wildman–Crippen LogP) is 2.66. The number of ketones is 1. The summed E-state index contributed by atoms with van der Waals surface area (Å²) >= 11 is 6.31. The molecule has 1 aromatic heterocycles. The van der Waals surface area contributed by atoms with Crippen LogP contribution in [0.1, 0.15) is 50.9 Å². The smallest absolute Gasteiger partial charge is 0.158 e. The molecular formula is C15H24ClN3O. The van der Waals surface area contributed by atoms with Crippen LogP contribution in [0.4, 0.5) is 0 Å². The Hall–Kier alpha value is -0.870. The molecule has 2 unspecified atom stereocenters. The number of Topliss-reactive ketones (excluding diaryl/α,β-unsaturated/α-hetero) is 1. The van der Waals surface area contributed by atoms with Crippen molar-refractivity contribution in [3.05, 3.63) is 16.4 Å². The molecule has 2 N–H and O–H groups in total. The summed E-state index contributed by atoms with van der Waals surface area (Å²) in [4.78, 5) is 12.6. The second kappa shape index (κ2) is 5.86. The Morgan fingerprint density at radius 2 is 2.30 bits per heavy atom. The Balaban J connectivity index is 2.17. The number of rotatable bonds is 4. The minimum Gasteiger partial charge on any atom is -0.319 e. The van der Waals surface area contributed by atoms with E-state index in [-0.39, 0.29) is 12.2 Å². The maximum atomic E-state index is 12.6. The average molecular weight is 298 g/mol. The number of hydrogen-bond donors (Lipinski definition) is 1. The molecule has 1 saturated carbocycles. The molecule has 0 amide bonds. The summed E-state index contributed by atoms with van der Waals surface area (Å²) in [6.07, 6.45) is 4.81. The number of nitrogens with two attached hydrogens (primary N) is 1. The Morgan fingerprint density at radius 1 is 1.60 bits per heavy atom. The first-order chi connectivity index (χ1) is 9.37. The topological polar surface area (TPSA) is 60.9 Å². The largest absolute Gasteiger partial charge is 0.319 e. The third kappa shape index (κ3) is 2.91. The van der Waals surface area contributed by atoms with E-state index in [4.69, 9.17) is 17.3 Å². The van der Waals surface area contributed by atoms with Crippen LogP contribution in [0.3, 0.4) is 0 Å². The molecule has 1 aliphatic rings. The molecule has 20 heavy (non-hydrogen) atoms. The van der Waals surface area contributed by atoms with Crippen LogP contribution < -0.4 is 5.73 Å². The van der Waals surface area contributed by atoms with Gasteiger partial charge in [-0.15, -0.1) is 0 Å². The maximum absolute atomic E-state index is 12.6. The van der Waals surface area contributed by atoms with E-state index in [0.29, 0.717) is 10.9 Å². The highest BCUT2D eigenvalue weighted by molar-refractivity contribution is 6.32. The van der Waals surface area contributed by atoms with Gasteiger partial charge in [-0.2, -0.15) is 5.10 Å². The lowest BCUT2D eigenvalue weighted by Crippen LogP contribution is -2.51. The highest BCUT2D eigenvalue weighted by Gasteiger charge is 2.38. The molecule has 1 aromatic rings. The van der Waals surface area contributed by atoms with Crippen LogP contribution in [-0.4, -0.2) is 21.1 Å². The van der Waals surface area contributed by atoms with E-state index in [1.165, 1.54) is 6.42 Å². The lowest BCUT2D eigenvalue weighted by Gasteiger charge is -2.35. The van der Waals surface area contributed by atoms with Gasteiger partial charge < -0.3 is 5.73 Å². The first kappa shape index (κ1) is 15.5. The number of aryl methyl sites for hydroxylation is 2. The fourth-order valence-corrected chi connectivity index (χ4v) is 3.55. The molecule has 0 aliphatic heterocycles. The third-order valence-electron chi connectivity index (χ3n) is 4.42. The van der Waals surface area contributed by atoms with Crippen LogP contribution in [0.5, 0.6) is 0 Å². The summed E-state index contributed by atoms with van der Waals surface area (Å²) in [5.41, 5.74) is 7.31. The second-order valence-corrected chi connectivity index (χ2v) is 6.52. The van der Waals surface area contributed by atoms with Gasteiger partial charge in [0.15, 0.2) is 5.78 Å². The normalized spacial score (nSPS) is 26.8. The standard InChI is InChI=1S/C15H24ClN3O/c1-4-11-14(16)12(19(3)18-11)8-13(20)15(17)7-5-6-10(2)9-15/h10H,4-9,17H2,1-3H3. The molecule has 4 nitrogen and oxygen atoms in total. The van der Waals surface area contributed by atoms with E-state index in [1.54, 1.807) is 4.68 Å². The van der Waals surface area contributed by atoms with Crippen LogP contribution in [0.15, 0.2) is 0 Å². The van der Waals surface area contributed by atoms with Gasteiger partial charge in [-0.05, 0) is 25.2 Å². The van der Waals surface area contributed by atoms with Crippen molar-refractivity contribution in [2.24, 2.45) is 18.7 Å². The Kier molecular flexibility index (Phi) is 4.55. The van der Waals surface area contributed by atoms with Crippen molar-refractivity contribution < 1.29 is 4.79 Å². The SMILES string of the molecule is CCc1nn(C)c(CC(=O)C2(N)CCCC(C)C2)c1Cl. The lowest BCUT2D eigenvalue weighted by atomic mass is 9.74. The molecule has 1 aliphatic carbocycles. The Morgan fingerprint density at radius 3 is 2.85 bits per heavy atom. The molecule has 0 spiro atoms. The minimum atomic E-state index is -0.683. The number of carbonyl (C=O) groups is 1. The van der Waals surface area contributed by atoms with Crippen LogP contribution in [0.25, 0.3) is 0 Å².